The summed E-state index contributed by atoms with van der Waals surface area (Å²) in [5, 5.41) is 3.60. The van der Waals surface area contributed by atoms with Crippen molar-refractivity contribution in [1.82, 2.24) is 15.2 Å². The fourth-order valence-electron chi connectivity index (χ4n) is 2.93. The Morgan fingerprint density at radius 1 is 1.32 bits per heavy atom. The van der Waals surface area contributed by atoms with Crippen molar-refractivity contribution in [3.8, 4) is 0 Å². The first-order chi connectivity index (χ1) is 10.5. The van der Waals surface area contributed by atoms with E-state index in [9.17, 15) is 0 Å². The highest BCUT2D eigenvalue weighted by atomic mass is 16.5. The molecule has 2 heterocycles. The molecule has 0 amide bonds. The number of ether oxygens (including phenoxy) is 1. The zero-order valence-corrected chi connectivity index (χ0v) is 14.4. The Morgan fingerprint density at radius 3 is 2.73 bits per heavy atom. The second kappa shape index (κ2) is 7.90. The minimum Gasteiger partial charge on any atom is -0.379 e. The van der Waals surface area contributed by atoms with Crippen LogP contribution in [0.15, 0.2) is 18.3 Å². The molecular formula is C17H30N4O. The van der Waals surface area contributed by atoms with E-state index in [0.29, 0.717) is 0 Å². The smallest absolute Gasteiger partial charge is 0.132 e. The van der Waals surface area contributed by atoms with Crippen molar-refractivity contribution >= 4 is 5.82 Å². The lowest BCUT2D eigenvalue weighted by Crippen LogP contribution is -2.45. The van der Waals surface area contributed by atoms with E-state index in [0.717, 1.165) is 51.8 Å². The average Bonchev–Trinajstić information content (AvgIpc) is 2.48. The van der Waals surface area contributed by atoms with Gasteiger partial charge in [0, 0.05) is 58.6 Å². The fraction of sp³-hybridized carbons (Fsp3) is 0.706. The highest BCUT2D eigenvalue weighted by Crippen LogP contribution is 2.18. The molecule has 5 heteroatoms. The van der Waals surface area contributed by atoms with Gasteiger partial charge in [-0.3, -0.25) is 4.90 Å². The number of hydrogen-bond donors (Lipinski definition) is 1. The van der Waals surface area contributed by atoms with E-state index in [4.69, 9.17) is 4.74 Å². The van der Waals surface area contributed by atoms with E-state index >= 15 is 0 Å². The second-order valence-corrected chi connectivity index (χ2v) is 7.04. The fourth-order valence-corrected chi connectivity index (χ4v) is 2.93. The predicted octanol–water partition coefficient (Wildman–Crippen LogP) is 1.60. The summed E-state index contributed by atoms with van der Waals surface area (Å²) in [7, 11) is 4.07. The number of rotatable bonds is 7. The summed E-state index contributed by atoms with van der Waals surface area (Å²) >= 11 is 0. The van der Waals surface area contributed by atoms with Crippen molar-refractivity contribution in [2.24, 2.45) is 5.41 Å². The normalized spacial score (nSPS) is 16.7. The van der Waals surface area contributed by atoms with Gasteiger partial charge < -0.3 is 15.0 Å². The van der Waals surface area contributed by atoms with Crippen molar-refractivity contribution in [3.63, 3.8) is 0 Å². The van der Waals surface area contributed by atoms with Gasteiger partial charge in [0.1, 0.15) is 5.82 Å². The molecule has 1 aliphatic rings. The molecule has 22 heavy (non-hydrogen) atoms. The first-order valence-corrected chi connectivity index (χ1v) is 8.10. The second-order valence-electron chi connectivity index (χ2n) is 7.04. The summed E-state index contributed by atoms with van der Waals surface area (Å²) in [6.07, 6.45) is 1.85. The van der Waals surface area contributed by atoms with Gasteiger partial charge in [0.25, 0.3) is 0 Å². The van der Waals surface area contributed by atoms with Crippen LogP contribution < -0.4 is 10.2 Å². The van der Waals surface area contributed by atoms with Crippen LogP contribution in [0.2, 0.25) is 0 Å². The number of aromatic nitrogens is 1. The summed E-state index contributed by atoms with van der Waals surface area (Å²) in [5.74, 6) is 1.04. The molecule has 1 saturated heterocycles. The molecule has 5 nitrogen and oxygen atoms in total. The van der Waals surface area contributed by atoms with E-state index < -0.39 is 0 Å². The third-order valence-corrected chi connectivity index (χ3v) is 3.97. The molecule has 0 spiro atoms. The lowest BCUT2D eigenvalue weighted by molar-refractivity contribution is 0.0212. The van der Waals surface area contributed by atoms with Crippen LogP contribution in [-0.4, -0.2) is 63.4 Å². The first kappa shape index (κ1) is 17.2. The molecule has 1 aromatic rings. The number of morpholine rings is 1. The molecule has 0 aromatic carbocycles. The Hall–Kier alpha value is -1.17. The number of pyridine rings is 1. The Morgan fingerprint density at radius 2 is 2.05 bits per heavy atom. The Bertz CT molecular complexity index is 456. The number of anilines is 1. The van der Waals surface area contributed by atoms with Crippen LogP contribution in [0.1, 0.15) is 19.4 Å². The molecule has 0 bridgehead atoms. The van der Waals surface area contributed by atoms with E-state index in [1.165, 1.54) is 5.56 Å². The molecule has 1 N–H and O–H groups in total. The van der Waals surface area contributed by atoms with Crippen LogP contribution in [0.5, 0.6) is 0 Å². The lowest BCUT2D eigenvalue weighted by atomic mass is 9.92. The lowest BCUT2D eigenvalue weighted by Gasteiger charge is -2.35. The largest absolute Gasteiger partial charge is 0.379 e. The Labute approximate surface area is 134 Å². The van der Waals surface area contributed by atoms with E-state index in [-0.39, 0.29) is 5.41 Å². The number of nitrogens with one attached hydrogen (secondary N) is 1. The third-order valence-electron chi connectivity index (χ3n) is 3.97. The molecule has 0 unspecified atom stereocenters. The number of nitrogens with zero attached hydrogens (tertiary/aromatic N) is 3. The van der Waals surface area contributed by atoms with Crippen molar-refractivity contribution in [3.05, 3.63) is 23.9 Å². The van der Waals surface area contributed by atoms with Gasteiger partial charge in [-0.25, -0.2) is 4.98 Å². The van der Waals surface area contributed by atoms with Crippen molar-refractivity contribution in [1.29, 1.82) is 0 Å². The third kappa shape index (κ3) is 5.23. The van der Waals surface area contributed by atoms with Crippen LogP contribution in [0.3, 0.4) is 0 Å². The first-order valence-electron chi connectivity index (χ1n) is 8.10. The van der Waals surface area contributed by atoms with Crippen LogP contribution in [-0.2, 0) is 11.3 Å². The Kier molecular flexibility index (Phi) is 6.17. The maximum Gasteiger partial charge on any atom is 0.132 e. The summed E-state index contributed by atoms with van der Waals surface area (Å²) < 4.78 is 5.42. The van der Waals surface area contributed by atoms with Crippen molar-refractivity contribution in [2.45, 2.75) is 20.4 Å². The SMILES string of the molecule is CN(C)c1ncccc1CNCC(C)(C)CN1CCOCC1. The summed E-state index contributed by atoms with van der Waals surface area (Å²) in [6, 6.07) is 4.15. The molecule has 0 radical (unpaired) electrons. The highest BCUT2D eigenvalue weighted by molar-refractivity contribution is 5.44. The van der Waals surface area contributed by atoms with Gasteiger partial charge in [-0.1, -0.05) is 19.9 Å². The molecule has 0 atom stereocenters. The maximum absolute atomic E-state index is 5.42. The topological polar surface area (TPSA) is 40.6 Å². The standard InChI is InChI=1S/C17H30N4O/c1-17(2,14-21-8-10-22-11-9-21)13-18-12-15-6-5-7-19-16(15)20(3)4/h5-7,18H,8-14H2,1-4H3. The molecular weight excluding hydrogens is 276 g/mol. The van der Waals surface area contributed by atoms with Gasteiger partial charge >= 0.3 is 0 Å². The Balaban J connectivity index is 1.82. The van der Waals surface area contributed by atoms with E-state index in [1.54, 1.807) is 0 Å². The molecule has 124 valence electrons. The van der Waals surface area contributed by atoms with E-state index in [1.807, 2.05) is 26.4 Å². The molecule has 1 fully saturated rings. The van der Waals surface area contributed by atoms with Crippen molar-refractivity contribution < 1.29 is 4.74 Å². The van der Waals surface area contributed by atoms with Crippen molar-refractivity contribution in [2.75, 3.05) is 58.4 Å². The van der Waals surface area contributed by atoms with Gasteiger partial charge in [-0.05, 0) is 11.5 Å². The van der Waals surface area contributed by atoms with Crippen LogP contribution in [0.25, 0.3) is 0 Å². The molecule has 1 aromatic heterocycles. The van der Waals surface area contributed by atoms with Gasteiger partial charge in [-0.2, -0.15) is 0 Å². The molecule has 0 saturated carbocycles. The minimum absolute atomic E-state index is 0.248. The monoisotopic (exact) mass is 306 g/mol. The minimum atomic E-state index is 0.248. The van der Waals surface area contributed by atoms with Gasteiger partial charge in [0.15, 0.2) is 0 Å². The summed E-state index contributed by atoms with van der Waals surface area (Å²) in [6.45, 7) is 11.4. The zero-order chi connectivity index (χ0) is 16.0. The predicted molar refractivity (Wildman–Crippen MR) is 91.3 cm³/mol. The van der Waals surface area contributed by atoms with Crippen LogP contribution >= 0.6 is 0 Å². The van der Waals surface area contributed by atoms with Gasteiger partial charge in [0.2, 0.25) is 0 Å². The molecule has 1 aliphatic heterocycles. The van der Waals surface area contributed by atoms with E-state index in [2.05, 4.69) is 40.0 Å². The van der Waals surface area contributed by atoms with Crippen LogP contribution in [0, 0.1) is 5.41 Å². The molecule has 2 rings (SSSR count). The number of hydrogen-bond acceptors (Lipinski definition) is 5. The quantitative estimate of drug-likeness (QED) is 0.828. The van der Waals surface area contributed by atoms with Gasteiger partial charge in [-0.15, -0.1) is 0 Å². The summed E-state index contributed by atoms with van der Waals surface area (Å²) in [4.78, 5) is 9.02. The zero-order valence-electron chi connectivity index (χ0n) is 14.4. The average molecular weight is 306 g/mol. The highest BCUT2D eigenvalue weighted by Gasteiger charge is 2.23. The maximum atomic E-state index is 5.42. The molecule has 0 aliphatic carbocycles. The van der Waals surface area contributed by atoms with Gasteiger partial charge in [0.05, 0.1) is 13.2 Å². The van der Waals surface area contributed by atoms with Crippen LogP contribution in [0.4, 0.5) is 5.82 Å². The summed E-state index contributed by atoms with van der Waals surface area (Å²) in [5.41, 5.74) is 1.49.